The molecule has 4 heterocycles. The van der Waals surface area contributed by atoms with Crippen molar-refractivity contribution < 1.29 is 0 Å². The molecule has 4 aromatic heterocycles. The number of hydrogen-bond acceptors (Lipinski definition) is 4. The lowest BCUT2D eigenvalue weighted by atomic mass is 10.0. The Balaban J connectivity index is 0.877. The molecule has 0 fully saturated rings. The summed E-state index contributed by atoms with van der Waals surface area (Å²) in [7, 11) is 0. The second-order valence-electron chi connectivity index (χ2n) is 16.0. The molecule has 0 unspecified atom stereocenters. The van der Waals surface area contributed by atoms with E-state index in [-0.39, 0.29) is 0 Å². The van der Waals surface area contributed by atoms with Crippen molar-refractivity contribution in [3.8, 4) is 56.7 Å². The number of hydrogen-bond donors (Lipinski definition) is 0. The molecule has 0 radical (unpaired) electrons. The molecule has 9 aromatic carbocycles. The summed E-state index contributed by atoms with van der Waals surface area (Å²) in [4.78, 5) is 14.7. The van der Waals surface area contributed by atoms with E-state index in [1.54, 1.807) is 0 Å². The molecule has 0 saturated heterocycles. The van der Waals surface area contributed by atoms with Crippen LogP contribution in [0.2, 0.25) is 0 Å². The SMILES string of the molecule is c1ccc(-c2nc(-c3ccccc3)nc(-c3ccc(-c4ccc(-n5c6ccccc6c6cc(-n7c8ccccc8c8cc9sc%10ccccc%10c9cc87)ccc65)cc4)cc3)n2)cc1. The summed E-state index contributed by atoms with van der Waals surface area (Å²) in [6.07, 6.45) is 0. The average Bonchev–Trinajstić information content (AvgIpc) is 4.00. The van der Waals surface area contributed by atoms with Gasteiger partial charge in [-0.05, 0) is 71.8 Å². The highest BCUT2D eigenvalue weighted by atomic mass is 32.1. The summed E-state index contributed by atoms with van der Waals surface area (Å²) in [6.45, 7) is 0. The zero-order valence-corrected chi connectivity index (χ0v) is 34.7. The highest BCUT2D eigenvalue weighted by Gasteiger charge is 2.19. The molecule has 0 atom stereocenters. The first-order valence-corrected chi connectivity index (χ1v) is 22.0. The summed E-state index contributed by atoms with van der Waals surface area (Å²) in [5.41, 5.74) is 12.2. The molecule has 5 nitrogen and oxygen atoms in total. The number of para-hydroxylation sites is 2. The molecule has 0 aliphatic heterocycles. The van der Waals surface area contributed by atoms with Crippen LogP contribution < -0.4 is 0 Å². The molecule has 0 bridgehead atoms. The fraction of sp³-hybridized carbons (Fsp3) is 0. The number of rotatable bonds is 6. The third-order valence-electron chi connectivity index (χ3n) is 12.4. The summed E-state index contributed by atoms with van der Waals surface area (Å²) < 4.78 is 7.49. The van der Waals surface area contributed by atoms with Crippen LogP contribution in [-0.2, 0) is 0 Å². The molecule has 6 heteroatoms. The van der Waals surface area contributed by atoms with Crippen molar-refractivity contribution in [2.75, 3.05) is 0 Å². The number of thiophene rings is 1. The fourth-order valence-corrected chi connectivity index (χ4v) is 10.5. The van der Waals surface area contributed by atoms with E-state index in [0.717, 1.165) is 39.2 Å². The van der Waals surface area contributed by atoms with Gasteiger partial charge in [0.05, 0.1) is 22.1 Å². The van der Waals surface area contributed by atoms with Crippen molar-refractivity contribution >= 4 is 75.1 Å². The molecule has 294 valence electrons. The van der Waals surface area contributed by atoms with Gasteiger partial charge in [-0.15, -0.1) is 11.3 Å². The van der Waals surface area contributed by atoms with Gasteiger partial charge in [-0.2, -0.15) is 0 Å². The third kappa shape index (κ3) is 5.80. The fourth-order valence-electron chi connectivity index (χ4n) is 9.40. The monoisotopic (exact) mass is 821 g/mol. The van der Waals surface area contributed by atoms with Crippen LogP contribution in [0.4, 0.5) is 0 Å². The molecular weight excluding hydrogens is 787 g/mol. The Hall–Kier alpha value is -8.19. The van der Waals surface area contributed by atoms with Gasteiger partial charge in [-0.3, -0.25) is 0 Å². The Bertz CT molecular complexity index is 3820. The first kappa shape index (κ1) is 35.6. The Kier molecular flexibility index (Phi) is 8.01. The Morgan fingerprint density at radius 1 is 0.270 bits per heavy atom. The quantitative estimate of drug-likeness (QED) is 0.168. The predicted octanol–water partition coefficient (Wildman–Crippen LogP) is 15.1. The minimum atomic E-state index is 0.644. The zero-order valence-electron chi connectivity index (χ0n) is 33.9. The van der Waals surface area contributed by atoms with Gasteiger partial charge >= 0.3 is 0 Å². The molecule has 13 rings (SSSR count). The van der Waals surface area contributed by atoms with Crippen LogP contribution in [0.3, 0.4) is 0 Å². The van der Waals surface area contributed by atoms with Crippen molar-refractivity contribution in [1.29, 1.82) is 0 Å². The second-order valence-corrected chi connectivity index (χ2v) is 17.1. The molecule has 0 spiro atoms. The van der Waals surface area contributed by atoms with Crippen LogP contribution in [0.25, 0.3) is 120 Å². The van der Waals surface area contributed by atoms with Gasteiger partial charge in [-0.25, -0.2) is 15.0 Å². The van der Waals surface area contributed by atoms with Gasteiger partial charge in [0, 0.05) is 69.8 Å². The summed E-state index contributed by atoms with van der Waals surface area (Å²) >= 11 is 1.87. The Labute approximate surface area is 366 Å². The Morgan fingerprint density at radius 2 is 0.714 bits per heavy atom. The molecule has 0 aliphatic rings. The zero-order chi connectivity index (χ0) is 41.4. The van der Waals surface area contributed by atoms with Crippen LogP contribution in [-0.4, -0.2) is 24.1 Å². The molecule has 0 aliphatic carbocycles. The highest BCUT2D eigenvalue weighted by Crippen LogP contribution is 2.42. The van der Waals surface area contributed by atoms with Crippen molar-refractivity contribution in [3.63, 3.8) is 0 Å². The van der Waals surface area contributed by atoms with Crippen LogP contribution >= 0.6 is 11.3 Å². The average molecular weight is 822 g/mol. The number of fused-ring (bicyclic) bond motifs is 9. The maximum atomic E-state index is 4.93. The van der Waals surface area contributed by atoms with E-state index in [4.69, 9.17) is 15.0 Å². The minimum Gasteiger partial charge on any atom is -0.309 e. The first-order chi connectivity index (χ1) is 31.2. The van der Waals surface area contributed by atoms with E-state index in [1.165, 1.54) is 63.8 Å². The minimum absolute atomic E-state index is 0.644. The number of nitrogens with zero attached hydrogens (tertiary/aromatic N) is 5. The molecule has 63 heavy (non-hydrogen) atoms. The lowest BCUT2D eigenvalue weighted by molar-refractivity contribution is 1.07. The van der Waals surface area contributed by atoms with Gasteiger partial charge in [0.25, 0.3) is 0 Å². The van der Waals surface area contributed by atoms with Gasteiger partial charge in [-0.1, -0.05) is 152 Å². The largest absolute Gasteiger partial charge is 0.309 e. The highest BCUT2D eigenvalue weighted by molar-refractivity contribution is 7.25. The molecule has 13 aromatic rings. The van der Waals surface area contributed by atoms with Crippen LogP contribution in [0, 0.1) is 0 Å². The maximum Gasteiger partial charge on any atom is 0.164 e. The second kappa shape index (κ2) is 14.2. The normalized spacial score (nSPS) is 11.8. The smallest absolute Gasteiger partial charge is 0.164 e. The summed E-state index contributed by atoms with van der Waals surface area (Å²) in [5.74, 6) is 1.95. The van der Waals surface area contributed by atoms with Gasteiger partial charge < -0.3 is 9.13 Å². The maximum absolute atomic E-state index is 4.93. The van der Waals surface area contributed by atoms with Crippen molar-refractivity contribution in [3.05, 3.63) is 212 Å². The van der Waals surface area contributed by atoms with Crippen LogP contribution in [0.1, 0.15) is 0 Å². The van der Waals surface area contributed by atoms with E-state index in [0.29, 0.717) is 17.5 Å². The van der Waals surface area contributed by atoms with E-state index in [1.807, 2.05) is 72.0 Å². The van der Waals surface area contributed by atoms with Crippen LogP contribution in [0.5, 0.6) is 0 Å². The van der Waals surface area contributed by atoms with Crippen molar-refractivity contribution in [2.45, 2.75) is 0 Å². The number of aromatic nitrogens is 5. The lowest BCUT2D eigenvalue weighted by Crippen LogP contribution is -2.00. The molecule has 0 N–H and O–H groups in total. The lowest BCUT2D eigenvalue weighted by Gasteiger charge is -2.11. The topological polar surface area (TPSA) is 48.5 Å². The third-order valence-corrected chi connectivity index (χ3v) is 13.5. The van der Waals surface area contributed by atoms with Crippen molar-refractivity contribution in [2.24, 2.45) is 0 Å². The molecule has 0 saturated carbocycles. The van der Waals surface area contributed by atoms with E-state index in [9.17, 15) is 0 Å². The predicted molar refractivity (Wildman–Crippen MR) is 263 cm³/mol. The summed E-state index contributed by atoms with van der Waals surface area (Å²) in [6, 6.07) is 75.7. The Morgan fingerprint density at radius 3 is 1.33 bits per heavy atom. The van der Waals surface area contributed by atoms with E-state index >= 15 is 0 Å². The number of benzene rings is 9. The van der Waals surface area contributed by atoms with Gasteiger partial charge in [0.15, 0.2) is 17.5 Å². The van der Waals surface area contributed by atoms with E-state index in [2.05, 4.69) is 161 Å². The first-order valence-electron chi connectivity index (χ1n) is 21.2. The molecule has 0 amide bonds. The molecular formula is C57H35N5S. The van der Waals surface area contributed by atoms with Crippen molar-refractivity contribution in [1.82, 2.24) is 24.1 Å². The standard InChI is InChI=1S/C57H35N5S/c1-3-13-38(14-4-1)55-58-56(39-15-5-2-6-16-39)60-57(59-55)40-25-23-36(24-26-40)37-27-29-41(30-28-37)61-49-20-10-7-17-43(49)46-33-42(31-32-51(46)61)62-50-21-11-8-18-44(50)47-35-54-48(34-52(47)62)45-19-9-12-22-53(45)63-54/h1-35H. The van der Waals surface area contributed by atoms with Gasteiger partial charge in [0.2, 0.25) is 0 Å². The summed E-state index contributed by atoms with van der Waals surface area (Å²) in [5, 5.41) is 7.62. The van der Waals surface area contributed by atoms with Gasteiger partial charge in [0.1, 0.15) is 0 Å². The van der Waals surface area contributed by atoms with Crippen LogP contribution in [0.15, 0.2) is 212 Å². The van der Waals surface area contributed by atoms with E-state index < -0.39 is 0 Å².